The number of carbonyl (C=O) groups excluding carboxylic acids is 2. The van der Waals surface area contributed by atoms with Crippen LogP contribution >= 0.6 is 24.0 Å². The molecule has 0 spiro atoms. The molecule has 0 radical (unpaired) electrons. The van der Waals surface area contributed by atoms with Crippen molar-refractivity contribution in [3.05, 3.63) is 17.8 Å². The number of rotatable bonds is 6. The van der Waals surface area contributed by atoms with Gasteiger partial charge in [-0.15, -0.1) is 24.0 Å². The second kappa shape index (κ2) is 9.74. The summed E-state index contributed by atoms with van der Waals surface area (Å²) in [5.74, 6) is 1.71. The monoisotopic (exact) mass is 478 g/mol. The van der Waals surface area contributed by atoms with E-state index >= 15 is 0 Å². The largest absolute Gasteiger partial charge is 0.443 e. The van der Waals surface area contributed by atoms with Crippen LogP contribution in [0.15, 0.2) is 15.6 Å². The Morgan fingerprint density at radius 3 is 2.65 bits per heavy atom. The maximum atomic E-state index is 11.5. The highest BCUT2D eigenvalue weighted by molar-refractivity contribution is 14.0. The zero-order valence-electron chi connectivity index (χ0n) is 15.6. The van der Waals surface area contributed by atoms with Gasteiger partial charge in [-0.1, -0.05) is 20.8 Å². The molecule has 1 aromatic rings. The molecule has 1 aliphatic rings. The molecule has 0 aliphatic carbocycles. The van der Waals surface area contributed by atoms with Crippen LogP contribution in [-0.2, 0) is 16.8 Å². The van der Waals surface area contributed by atoms with E-state index in [1.807, 2.05) is 6.92 Å². The van der Waals surface area contributed by atoms with Gasteiger partial charge in [-0.25, -0.2) is 14.8 Å². The molecule has 1 saturated heterocycles. The van der Waals surface area contributed by atoms with E-state index in [1.54, 1.807) is 6.20 Å². The van der Waals surface area contributed by atoms with Crippen molar-refractivity contribution in [3.63, 3.8) is 0 Å². The molecule has 26 heavy (non-hydrogen) atoms. The Morgan fingerprint density at radius 1 is 1.38 bits per heavy atom. The van der Waals surface area contributed by atoms with Gasteiger partial charge in [0.1, 0.15) is 12.3 Å². The van der Waals surface area contributed by atoms with Crippen LogP contribution in [0.4, 0.5) is 4.79 Å². The predicted molar refractivity (Wildman–Crippen MR) is 109 cm³/mol. The second-order valence-corrected chi connectivity index (χ2v) is 6.69. The van der Waals surface area contributed by atoms with Gasteiger partial charge in [-0.3, -0.25) is 9.69 Å². The topological polar surface area (TPSA) is 112 Å². The smallest absolute Gasteiger partial charge is 0.324 e. The summed E-state index contributed by atoms with van der Waals surface area (Å²) in [6.45, 7) is 9.87. The van der Waals surface area contributed by atoms with Gasteiger partial charge in [0.2, 0.25) is 11.8 Å². The zero-order chi connectivity index (χ0) is 18.4. The van der Waals surface area contributed by atoms with E-state index in [2.05, 4.69) is 46.7 Å². The number of imide groups is 1. The zero-order valence-corrected chi connectivity index (χ0v) is 17.9. The number of urea groups is 1. The van der Waals surface area contributed by atoms with Gasteiger partial charge in [-0.05, 0) is 6.92 Å². The molecular formula is C16H27IN6O3. The maximum Gasteiger partial charge on any atom is 0.324 e. The van der Waals surface area contributed by atoms with Crippen LogP contribution < -0.4 is 16.0 Å². The molecule has 9 nitrogen and oxygen atoms in total. The molecular weight excluding hydrogens is 451 g/mol. The Labute approximate surface area is 170 Å². The molecule has 0 atom stereocenters. The minimum atomic E-state index is -0.358. The highest BCUT2D eigenvalue weighted by Crippen LogP contribution is 2.22. The molecule has 1 fully saturated rings. The van der Waals surface area contributed by atoms with Gasteiger partial charge in [0.25, 0.3) is 0 Å². The van der Waals surface area contributed by atoms with Crippen LogP contribution in [0.25, 0.3) is 0 Å². The van der Waals surface area contributed by atoms with Crippen molar-refractivity contribution >= 4 is 41.9 Å². The number of carbonyl (C=O) groups is 2. The number of aliphatic imine (C=N–C) groups is 1. The van der Waals surface area contributed by atoms with Crippen molar-refractivity contribution < 1.29 is 14.0 Å². The maximum absolute atomic E-state index is 11.5. The minimum Gasteiger partial charge on any atom is -0.443 e. The minimum absolute atomic E-state index is 0. The number of aromatic nitrogens is 1. The van der Waals surface area contributed by atoms with Crippen LogP contribution in [0.5, 0.6) is 0 Å². The molecule has 0 aromatic carbocycles. The van der Waals surface area contributed by atoms with Crippen molar-refractivity contribution in [1.29, 1.82) is 0 Å². The van der Waals surface area contributed by atoms with Gasteiger partial charge in [0.05, 0.1) is 12.7 Å². The molecule has 1 aliphatic heterocycles. The lowest BCUT2D eigenvalue weighted by Crippen LogP contribution is -2.43. The van der Waals surface area contributed by atoms with Crippen molar-refractivity contribution in [1.82, 2.24) is 25.8 Å². The van der Waals surface area contributed by atoms with E-state index in [9.17, 15) is 9.59 Å². The highest BCUT2D eigenvalue weighted by Gasteiger charge is 2.27. The first-order valence-electron chi connectivity index (χ1n) is 8.37. The molecule has 3 N–H and O–H groups in total. The summed E-state index contributed by atoms with van der Waals surface area (Å²) in [5.41, 5.74) is -0.0967. The van der Waals surface area contributed by atoms with Crippen molar-refractivity contribution in [2.24, 2.45) is 4.99 Å². The third kappa shape index (κ3) is 6.15. The standard InChI is InChI=1S/C16H26N6O3.HI/c1-5-17-14(18-6-7-22-13(23)10-21-15(22)24)20-9-12-19-8-11(25-12)16(2,3)4;/h8H,5-7,9-10H2,1-4H3,(H,21,24)(H2,17,18,20);1H. The first-order valence-corrected chi connectivity index (χ1v) is 8.37. The van der Waals surface area contributed by atoms with Crippen molar-refractivity contribution in [2.45, 2.75) is 39.7 Å². The Hall–Kier alpha value is -1.85. The van der Waals surface area contributed by atoms with Gasteiger partial charge in [0, 0.05) is 25.0 Å². The summed E-state index contributed by atoms with van der Waals surface area (Å²) in [4.78, 5) is 32.8. The predicted octanol–water partition coefficient (Wildman–Crippen LogP) is 1.20. The number of halogens is 1. The summed E-state index contributed by atoms with van der Waals surface area (Å²) < 4.78 is 5.71. The molecule has 0 saturated carbocycles. The molecule has 3 amide bonds. The average Bonchev–Trinajstić information content (AvgIpc) is 3.14. The van der Waals surface area contributed by atoms with E-state index in [-0.39, 0.29) is 54.4 Å². The first-order chi connectivity index (χ1) is 11.8. The summed E-state index contributed by atoms with van der Waals surface area (Å²) >= 11 is 0. The number of nitrogens with one attached hydrogen (secondary N) is 3. The van der Waals surface area contributed by atoms with Gasteiger partial charge in [0.15, 0.2) is 5.96 Å². The summed E-state index contributed by atoms with van der Waals surface area (Å²) in [5, 5.41) is 8.68. The van der Waals surface area contributed by atoms with E-state index in [0.29, 0.717) is 31.5 Å². The van der Waals surface area contributed by atoms with Gasteiger partial charge < -0.3 is 20.4 Å². The van der Waals surface area contributed by atoms with Crippen LogP contribution in [0, 0.1) is 0 Å². The van der Waals surface area contributed by atoms with E-state index < -0.39 is 0 Å². The fraction of sp³-hybridized carbons (Fsp3) is 0.625. The van der Waals surface area contributed by atoms with E-state index in [4.69, 9.17) is 4.42 Å². The Balaban J connectivity index is 0.00000338. The van der Waals surface area contributed by atoms with Crippen LogP contribution in [0.3, 0.4) is 0 Å². The average molecular weight is 478 g/mol. The third-order valence-corrected chi connectivity index (χ3v) is 3.57. The number of hydrogen-bond acceptors (Lipinski definition) is 5. The van der Waals surface area contributed by atoms with Gasteiger partial charge in [-0.2, -0.15) is 0 Å². The highest BCUT2D eigenvalue weighted by atomic mass is 127. The lowest BCUT2D eigenvalue weighted by molar-refractivity contribution is -0.124. The van der Waals surface area contributed by atoms with Crippen LogP contribution in [0.2, 0.25) is 0 Å². The summed E-state index contributed by atoms with van der Waals surface area (Å²) in [7, 11) is 0. The lowest BCUT2D eigenvalue weighted by atomic mass is 9.94. The molecule has 10 heteroatoms. The quantitative estimate of drug-likeness (QED) is 0.245. The fourth-order valence-corrected chi connectivity index (χ4v) is 2.19. The summed E-state index contributed by atoms with van der Waals surface area (Å²) in [6, 6.07) is -0.358. The first kappa shape index (κ1) is 22.2. The van der Waals surface area contributed by atoms with Crippen molar-refractivity contribution in [3.8, 4) is 0 Å². The SMILES string of the molecule is CCNC(=NCc1ncc(C(C)(C)C)o1)NCCN1C(=O)CNC1=O.I. The third-order valence-electron chi connectivity index (χ3n) is 3.57. The fourth-order valence-electron chi connectivity index (χ4n) is 2.19. The molecule has 2 rings (SSSR count). The number of guanidine groups is 1. The lowest BCUT2D eigenvalue weighted by Gasteiger charge is -2.15. The number of oxazole rings is 1. The Kier molecular flexibility index (Phi) is 8.31. The van der Waals surface area contributed by atoms with Gasteiger partial charge >= 0.3 is 6.03 Å². The normalized spacial score (nSPS) is 14.9. The van der Waals surface area contributed by atoms with Crippen molar-refractivity contribution in [2.75, 3.05) is 26.2 Å². The number of hydrogen-bond donors (Lipinski definition) is 3. The Morgan fingerprint density at radius 2 is 2.12 bits per heavy atom. The second-order valence-electron chi connectivity index (χ2n) is 6.69. The van der Waals surface area contributed by atoms with Crippen LogP contribution in [-0.4, -0.2) is 54.0 Å². The summed E-state index contributed by atoms with van der Waals surface area (Å²) in [6.07, 6.45) is 1.73. The molecule has 1 aromatic heterocycles. The van der Waals surface area contributed by atoms with E-state index in [1.165, 1.54) is 4.90 Å². The number of amides is 3. The molecule has 146 valence electrons. The number of nitrogens with zero attached hydrogens (tertiary/aromatic N) is 3. The van der Waals surface area contributed by atoms with E-state index in [0.717, 1.165) is 5.76 Å². The molecule has 0 bridgehead atoms. The van der Waals surface area contributed by atoms with Crippen LogP contribution in [0.1, 0.15) is 39.3 Å². The molecule has 0 unspecified atom stereocenters. The Bertz CT molecular complexity index is 637. The molecule has 2 heterocycles.